The van der Waals surface area contributed by atoms with Gasteiger partial charge < -0.3 is 19.3 Å². The molecule has 8 heteroatoms. The van der Waals surface area contributed by atoms with E-state index >= 15 is 0 Å². The number of rotatable bonds is 4. The molecule has 0 bridgehead atoms. The number of ether oxygens (including phenoxy) is 3. The minimum atomic E-state index is -3.95. The molecule has 2 saturated heterocycles. The molecule has 0 spiro atoms. The minimum Gasteiger partial charge on any atom is -0.366 e. The fourth-order valence-electron chi connectivity index (χ4n) is 3.00. The highest BCUT2D eigenvalue weighted by Crippen LogP contribution is 2.39. The zero-order chi connectivity index (χ0) is 17.7. The predicted molar refractivity (Wildman–Crippen MR) is 83.6 cm³/mol. The molecule has 1 aromatic carbocycles. The van der Waals surface area contributed by atoms with Crippen LogP contribution in [0.1, 0.15) is 26.3 Å². The molecule has 1 aromatic rings. The molecule has 0 amide bonds. The zero-order valence-electron chi connectivity index (χ0n) is 14.0. The van der Waals surface area contributed by atoms with E-state index < -0.39 is 46.6 Å². The number of benzene rings is 1. The van der Waals surface area contributed by atoms with Crippen molar-refractivity contribution in [3.63, 3.8) is 0 Å². The van der Waals surface area contributed by atoms with Crippen LogP contribution < -0.4 is 0 Å². The van der Waals surface area contributed by atoms with Crippen LogP contribution in [0.2, 0.25) is 0 Å². The van der Waals surface area contributed by atoms with Gasteiger partial charge in [-0.3, -0.25) is 4.18 Å². The van der Waals surface area contributed by atoms with Crippen molar-refractivity contribution in [2.75, 3.05) is 0 Å². The third-order valence-corrected chi connectivity index (χ3v) is 5.52. The number of aryl methyl sites for hydroxylation is 1. The summed E-state index contributed by atoms with van der Waals surface area (Å²) in [7, 11) is -3.95. The average Bonchev–Trinajstić information content (AvgIpc) is 2.93. The van der Waals surface area contributed by atoms with Crippen molar-refractivity contribution in [1.29, 1.82) is 0 Å². The first-order valence-corrected chi connectivity index (χ1v) is 9.19. The van der Waals surface area contributed by atoms with Crippen LogP contribution in [0, 0.1) is 6.92 Å². The van der Waals surface area contributed by atoms with Crippen molar-refractivity contribution >= 4 is 10.1 Å². The van der Waals surface area contributed by atoms with Gasteiger partial charge in [0.25, 0.3) is 10.1 Å². The van der Waals surface area contributed by atoms with Crippen LogP contribution in [-0.4, -0.2) is 50.0 Å². The smallest absolute Gasteiger partial charge is 0.297 e. The number of hydrogen-bond acceptors (Lipinski definition) is 7. The second kappa shape index (κ2) is 6.05. The van der Waals surface area contributed by atoms with Crippen LogP contribution in [0.3, 0.4) is 0 Å². The first-order chi connectivity index (χ1) is 11.1. The molecule has 0 saturated carbocycles. The van der Waals surface area contributed by atoms with Crippen LogP contribution in [0.25, 0.3) is 0 Å². The fraction of sp³-hybridized carbons (Fsp3) is 0.625. The van der Waals surface area contributed by atoms with Crippen molar-refractivity contribution in [3.05, 3.63) is 29.8 Å². The summed E-state index contributed by atoms with van der Waals surface area (Å²) in [5, 5.41) is 9.96. The lowest BCUT2D eigenvalue weighted by Gasteiger charge is -2.25. The lowest BCUT2D eigenvalue weighted by atomic mass is 10.1. The van der Waals surface area contributed by atoms with Gasteiger partial charge in [-0.1, -0.05) is 17.7 Å². The van der Waals surface area contributed by atoms with Gasteiger partial charge in [-0.2, -0.15) is 8.42 Å². The van der Waals surface area contributed by atoms with Gasteiger partial charge in [0.1, 0.15) is 24.4 Å². The lowest BCUT2D eigenvalue weighted by Crippen LogP contribution is -2.39. The molecule has 3 rings (SSSR count). The summed E-state index contributed by atoms with van der Waals surface area (Å²) in [4.78, 5) is 0.0685. The van der Waals surface area contributed by atoms with Crippen LogP contribution >= 0.6 is 0 Å². The Morgan fingerprint density at radius 2 is 1.75 bits per heavy atom. The van der Waals surface area contributed by atoms with Crippen molar-refractivity contribution in [1.82, 2.24) is 0 Å². The quantitative estimate of drug-likeness (QED) is 0.812. The zero-order valence-corrected chi connectivity index (χ0v) is 14.8. The molecule has 1 N–H and O–H groups in total. The van der Waals surface area contributed by atoms with E-state index in [1.165, 1.54) is 12.1 Å². The van der Waals surface area contributed by atoms with Crippen molar-refractivity contribution in [3.8, 4) is 0 Å². The number of aliphatic hydroxyl groups excluding tert-OH is 1. The molecule has 0 radical (unpaired) electrons. The van der Waals surface area contributed by atoms with Gasteiger partial charge in [-0.15, -0.1) is 0 Å². The molecule has 2 fully saturated rings. The topological polar surface area (TPSA) is 91.3 Å². The Morgan fingerprint density at radius 1 is 1.17 bits per heavy atom. The highest BCUT2D eigenvalue weighted by atomic mass is 32.2. The van der Waals surface area contributed by atoms with Crippen molar-refractivity contribution in [2.45, 2.75) is 69.1 Å². The minimum absolute atomic E-state index is 0.0685. The maximum absolute atomic E-state index is 12.4. The number of aliphatic hydroxyl groups is 1. The van der Waals surface area contributed by atoms with Gasteiger partial charge >= 0.3 is 0 Å². The Hall–Kier alpha value is -1.03. The van der Waals surface area contributed by atoms with Crippen LogP contribution in [0.4, 0.5) is 0 Å². The molecule has 7 nitrogen and oxygen atoms in total. The maximum atomic E-state index is 12.4. The van der Waals surface area contributed by atoms with E-state index in [9.17, 15) is 13.5 Å². The normalized spacial score (nSPS) is 33.4. The van der Waals surface area contributed by atoms with Gasteiger partial charge in [0.05, 0.1) is 4.90 Å². The van der Waals surface area contributed by atoms with Gasteiger partial charge in [0.15, 0.2) is 12.1 Å². The summed E-state index contributed by atoms with van der Waals surface area (Å²) >= 11 is 0. The molecular weight excluding hydrogens is 336 g/mol. The Labute approximate surface area is 141 Å². The SMILES string of the molecule is Cc1ccc(S(=O)(=O)O[C@@H](C)[C@@H]2OC(O)[C@@H]3OC(C)(C)O[C@H]23)cc1. The third kappa shape index (κ3) is 3.35. The summed E-state index contributed by atoms with van der Waals surface area (Å²) in [6.45, 7) is 6.89. The first kappa shape index (κ1) is 17.8. The van der Waals surface area contributed by atoms with E-state index in [4.69, 9.17) is 18.4 Å². The summed E-state index contributed by atoms with van der Waals surface area (Å²) in [6.07, 6.45) is -4.06. The van der Waals surface area contributed by atoms with Crippen LogP contribution in [0.5, 0.6) is 0 Å². The average molecular weight is 358 g/mol. The Bertz CT molecular complexity index is 698. The monoisotopic (exact) mass is 358 g/mol. The second-order valence-corrected chi connectivity index (χ2v) is 8.20. The Balaban J connectivity index is 1.75. The number of fused-ring (bicyclic) bond motifs is 1. The summed E-state index contributed by atoms with van der Waals surface area (Å²) < 4.78 is 46.8. The highest BCUT2D eigenvalue weighted by Gasteiger charge is 2.56. The van der Waals surface area contributed by atoms with Crippen LogP contribution in [0.15, 0.2) is 29.2 Å². The Morgan fingerprint density at radius 3 is 2.38 bits per heavy atom. The summed E-state index contributed by atoms with van der Waals surface area (Å²) in [6, 6.07) is 6.37. The largest absolute Gasteiger partial charge is 0.366 e. The van der Waals surface area contributed by atoms with E-state index in [1.807, 2.05) is 6.92 Å². The van der Waals surface area contributed by atoms with Crippen LogP contribution in [-0.2, 0) is 28.5 Å². The van der Waals surface area contributed by atoms with E-state index in [0.29, 0.717) is 0 Å². The molecule has 5 atom stereocenters. The highest BCUT2D eigenvalue weighted by molar-refractivity contribution is 7.86. The first-order valence-electron chi connectivity index (χ1n) is 7.78. The molecule has 0 aliphatic carbocycles. The standard InChI is InChI=1S/C16H22O7S/c1-9-5-7-11(8-6-9)24(18,19)23-10(2)12-13-14(15(17)20-12)22-16(3,4)21-13/h5-8,10,12-15,17H,1-4H3/t10-,12-,13+,14+,15?/m0/s1. The van der Waals surface area contributed by atoms with E-state index in [0.717, 1.165) is 5.56 Å². The molecular formula is C16H22O7S. The summed E-state index contributed by atoms with van der Waals surface area (Å²) in [5.74, 6) is -0.867. The Kier molecular flexibility index (Phi) is 4.48. The van der Waals surface area contributed by atoms with Gasteiger partial charge in [0, 0.05) is 0 Å². The van der Waals surface area contributed by atoms with Crippen molar-refractivity contribution < 1.29 is 31.9 Å². The van der Waals surface area contributed by atoms with Gasteiger partial charge in [-0.05, 0) is 39.8 Å². The van der Waals surface area contributed by atoms with E-state index in [2.05, 4.69) is 0 Å². The lowest BCUT2D eigenvalue weighted by molar-refractivity contribution is -0.227. The third-order valence-electron chi connectivity index (χ3n) is 4.12. The molecule has 0 aromatic heterocycles. The van der Waals surface area contributed by atoms with Crippen molar-refractivity contribution in [2.24, 2.45) is 0 Å². The molecule has 2 heterocycles. The fourth-order valence-corrected chi connectivity index (χ4v) is 4.09. The predicted octanol–water partition coefficient (Wildman–Crippen LogP) is 1.33. The van der Waals surface area contributed by atoms with E-state index in [-0.39, 0.29) is 4.90 Å². The summed E-state index contributed by atoms with van der Waals surface area (Å²) in [5.41, 5.74) is 0.950. The van der Waals surface area contributed by atoms with E-state index in [1.54, 1.807) is 32.9 Å². The van der Waals surface area contributed by atoms with Gasteiger partial charge in [0.2, 0.25) is 0 Å². The van der Waals surface area contributed by atoms with Gasteiger partial charge in [-0.25, -0.2) is 0 Å². The molecule has 2 aliphatic rings. The molecule has 2 aliphatic heterocycles. The maximum Gasteiger partial charge on any atom is 0.297 e. The number of hydrogen-bond donors (Lipinski definition) is 1. The molecule has 24 heavy (non-hydrogen) atoms. The molecule has 1 unspecified atom stereocenters. The molecule has 134 valence electrons. The second-order valence-electron chi connectivity index (χ2n) is 6.62.